The fourth-order valence-electron chi connectivity index (χ4n) is 2.41. The highest BCUT2D eigenvalue weighted by atomic mass is 19.1. The molecule has 3 aromatic rings. The van der Waals surface area contributed by atoms with Crippen molar-refractivity contribution in [3.05, 3.63) is 76.9 Å². The highest BCUT2D eigenvalue weighted by Crippen LogP contribution is 2.21. The van der Waals surface area contributed by atoms with E-state index in [1.807, 2.05) is 30.3 Å². The molecule has 0 aliphatic rings. The number of rotatable bonds is 5. The Morgan fingerprint density at radius 3 is 2.62 bits per heavy atom. The molecule has 6 nitrogen and oxygen atoms in total. The molecular formula is C19H16FN3O3. The van der Waals surface area contributed by atoms with Crippen molar-refractivity contribution >= 4 is 11.8 Å². The molecule has 0 bridgehead atoms. The number of nitrogens with two attached hydrogens (primary N) is 1. The average molecular weight is 353 g/mol. The molecule has 7 heteroatoms. The number of benzene rings is 2. The van der Waals surface area contributed by atoms with E-state index in [2.05, 4.69) is 10.3 Å². The van der Waals surface area contributed by atoms with Gasteiger partial charge in [0.2, 0.25) is 11.8 Å². The molecule has 1 aromatic heterocycles. The molecule has 1 heterocycles. The van der Waals surface area contributed by atoms with Crippen LogP contribution in [0.2, 0.25) is 0 Å². The Kier molecular flexibility index (Phi) is 4.79. The van der Waals surface area contributed by atoms with Gasteiger partial charge in [-0.15, -0.1) is 0 Å². The lowest BCUT2D eigenvalue weighted by Crippen LogP contribution is -2.25. The summed E-state index contributed by atoms with van der Waals surface area (Å²) in [6, 6.07) is 12.7. The number of nitrogens with one attached hydrogen (secondary N) is 1. The van der Waals surface area contributed by atoms with Gasteiger partial charge in [-0.2, -0.15) is 0 Å². The molecule has 0 unspecified atom stereocenters. The van der Waals surface area contributed by atoms with Crippen LogP contribution in [0.1, 0.15) is 32.2 Å². The number of oxazole rings is 1. The second kappa shape index (κ2) is 7.18. The highest BCUT2D eigenvalue weighted by Gasteiger charge is 2.16. The topological polar surface area (TPSA) is 98.2 Å². The van der Waals surface area contributed by atoms with E-state index in [0.29, 0.717) is 17.3 Å². The SMILES string of the molecule is Cc1oc(-c2ccccc2)nc1CNC(=O)c1cc(C(N)=O)ccc1F. The summed E-state index contributed by atoms with van der Waals surface area (Å²) in [5.74, 6) is -1.16. The molecule has 0 fully saturated rings. The van der Waals surface area contributed by atoms with Gasteiger partial charge >= 0.3 is 0 Å². The summed E-state index contributed by atoms with van der Waals surface area (Å²) in [5, 5.41) is 2.57. The van der Waals surface area contributed by atoms with Gasteiger partial charge in [-0.1, -0.05) is 18.2 Å². The molecule has 0 radical (unpaired) electrons. The van der Waals surface area contributed by atoms with Gasteiger partial charge in [-0.3, -0.25) is 9.59 Å². The van der Waals surface area contributed by atoms with Crippen molar-refractivity contribution in [3.8, 4) is 11.5 Å². The van der Waals surface area contributed by atoms with Gasteiger partial charge in [0.1, 0.15) is 17.3 Å². The van der Waals surface area contributed by atoms with Crippen molar-refractivity contribution in [1.29, 1.82) is 0 Å². The zero-order valence-electron chi connectivity index (χ0n) is 14.0. The number of aryl methyl sites for hydroxylation is 1. The third-order valence-corrected chi connectivity index (χ3v) is 3.83. The maximum Gasteiger partial charge on any atom is 0.254 e. The quantitative estimate of drug-likeness (QED) is 0.737. The normalized spacial score (nSPS) is 10.5. The molecule has 2 aromatic carbocycles. The predicted octanol–water partition coefficient (Wildman–Crippen LogP) is 2.82. The lowest BCUT2D eigenvalue weighted by Gasteiger charge is -2.06. The molecule has 0 spiro atoms. The molecule has 0 saturated heterocycles. The molecule has 0 aliphatic heterocycles. The number of aromatic nitrogens is 1. The van der Waals surface area contributed by atoms with Gasteiger partial charge < -0.3 is 15.5 Å². The van der Waals surface area contributed by atoms with E-state index in [1.165, 1.54) is 6.07 Å². The van der Waals surface area contributed by atoms with E-state index in [-0.39, 0.29) is 17.7 Å². The summed E-state index contributed by atoms with van der Waals surface area (Å²) in [5.41, 5.74) is 6.30. The summed E-state index contributed by atoms with van der Waals surface area (Å²) in [6.07, 6.45) is 0. The summed E-state index contributed by atoms with van der Waals surface area (Å²) in [7, 11) is 0. The van der Waals surface area contributed by atoms with E-state index in [0.717, 1.165) is 17.7 Å². The standard InChI is InChI=1S/C19H16FN3O3/c1-11-16(23-19(26-11)12-5-3-2-4-6-12)10-22-18(25)14-9-13(17(21)24)7-8-15(14)20/h2-9H,10H2,1H3,(H2,21,24)(H,22,25). The van der Waals surface area contributed by atoms with Crippen LogP contribution in [-0.4, -0.2) is 16.8 Å². The van der Waals surface area contributed by atoms with Gasteiger partial charge in [0, 0.05) is 11.1 Å². The number of halogens is 1. The molecule has 0 aliphatic carbocycles. The fraction of sp³-hybridized carbons (Fsp3) is 0.105. The summed E-state index contributed by atoms with van der Waals surface area (Å²) in [4.78, 5) is 27.8. The lowest BCUT2D eigenvalue weighted by atomic mass is 10.1. The fourth-order valence-corrected chi connectivity index (χ4v) is 2.41. The highest BCUT2D eigenvalue weighted by molar-refractivity contribution is 5.99. The minimum Gasteiger partial charge on any atom is -0.441 e. The molecule has 3 N–H and O–H groups in total. The van der Waals surface area contributed by atoms with Gasteiger partial charge in [0.15, 0.2) is 0 Å². The van der Waals surface area contributed by atoms with E-state index in [1.54, 1.807) is 6.92 Å². The zero-order chi connectivity index (χ0) is 18.7. The maximum atomic E-state index is 13.9. The van der Waals surface area contributed by atoms with Crippen LogP contribution in [0, 0.1) is 12.7 Å². The van der Waals surface area contributed by atoms with E-state index in [4.69, 9.17) is 10.2 Å². The van der Waals surface area contributed by atoms with Crippen molar-refractivity contribution in [2.45, 2.75) is 13.5 Å². The van der Waals surface area contributed by atoms with Crippen molar-refractivity contribution in [2.75, 3.05) is 0 Å². The van der Waals surface area contributed by atoms with Crippen molar-refractivity contribution in [1.82, 2.24) is 10.3 Å². The molecular weight excluding hydrogens is 337 g/mol. The van der Waals surface area contributed by atoms with Crippen molar-refractivity contribution in [2.24, 2.45) is 5.73 Å². The van der Waals surface area contributed by atoms with E-state index < -0.39 is 17.6 Å². The number of nitrogens with zero attached hydrogens (tertiary/aromatic N) is 1. The summed E-state index contributed by atoms with van der Waals surface area (Å²) in [6.45, 7) is 1.79. The van der Waals surface area contributed by atoms with E-state index >= 15 is 0 Å². The van der Waals surface area contributed by atoms with Crippen LogP contribution in [0.3, 0.4) is 0 Å². The monoisotopic (exact) mass is 353 g/mol. The van der Waals surface area contributed by atoms with Crippen molar-refractivity contribution in [3.63, 3.8) is 0 Å². The van der Waals surface area contributed by atoms with Gasteiger partial charge in [0.05, 0.1) is 12.1 Å². The first kappa shape index (κ1) is 17.3. The largest absolute Gasteiger partial charge is 0.441 e. The van der Waals surface area contributed by atoms with Crippen LogP contribution >= 0.6 is 0 Å². The second-order valence-electron chi connectivity index (χ2n) is 5.63. The van der Waals surface area contributed by atoms with Crippen LogP contribution < -0.4 is 11.1 Å². The number of carbonyl (C=O) groups excluding carboxylic acids is 2. The molecule has 2 amide bonds. The smallest absolute Gasteiger partial charge is 0.254 e. The first-order valence-corrected chi connectivity index (χ1v) is 7.85. The molecule has 26 heavy (non-hydrogen) atoms. The molecule has 0 saturated carbocycles. The minimum atomic E-state index is -0.741. The molecule has 3 rings (SSSR count). The molecule has 0 atom stereocenters. The Labute approximate surface area is 148 Å². The van der Waals surface area contributed by atoms with Crippen LogP contribution in [0.25, 0.3) is 11.5 Å². The minimum absolute atomic E-state index is 0.0560. The zero-order valence-corrected chi connectivity index (χ0v) is 14.0. The average Bonchev–Trinajstić information content (AvgIpc) is 3.01. The van der Waals surface area contributed by atoms with Crippen LogP contribution in [0.4, 0.5) is 4.39 Å². The first-order valence-electron chi connectivity index (χ1n) is 7.85. The Morgan fingerprint density at radius 1 is 1.19 bits per heavy atom. The number of carbonyl (C=O) groups is 2. The summed E-state index contributed by atoms with van der Waals surface area (Å²) >= 11 is 0. The number of primary amides is 1. The third-order valence-electron chi connectivity index (χ3n) is 3.83. The summed E-state index contributed by atoms with van der Waals surface area (Å²) < 4.78 is 19.5. The Balaban J connectivity index is 1.75. The lowest BCUT2D eigenvalue weighted by molar-refractivity contribution is 0.0946. The van der Waals surface area contributed by atoms with Crippen molar-refractivity contribution < 1.29 is 18.4 Å². The Bertz CT molecular complexity index is 967. The maximum absolute atomic E-state index is 13.9. The van der Waals surface area contributed by atoms with Gasteiger partial charge in [-0.05, 0) is 37.3 Å². The third kappa shape index (κ3) is 3.61. The first-order chi connectivity index (χ1) is 12.5. The predicted molar refractivity (Wildman–Crippen MR) is 92.8 cm³/mol. The number of hydrogen-bond acceptors (Lipinski definition) is 4. The Hall–Kier alpha value is -3.48. The van der Waals surface area contributed by atoms with E-state index in [9.17, 15) is 14.0 Å². The second-order valence-corrected chi connectivity index (χ2v) is 5.63. The van der Waals surface area contributed by atoms with Gasteiger partial charge in [0.25, 0.3) is 5.91 Å². The molecule has 132 valence electrons. The number of amides is 2. The number of hydrogen-bond donors (Lipinski definition) is 2. The Morgan fingerprint density at radius 2 is 1.92 bits per heavy atom. The van der Waals surface area contributed by atoms with Gasteiger partial charge in [-0.25, -0.2) is 9.37 Å². The van der Waals surface area contributed by atoms with Crippen LogP contribution in [0.5, 0.6) is 0 Å². The van der Waals surface area contributed by atoms with Crippen LogP contribution in [-0.2, 0) is 6.54 Å². The van der Waals surface area contributed by atoms with Crippen LogP contribution in [0.15, 0.2) is 52.9 Å².